The number of H-pyrrole nitrogens is 1. The molecule has 0 saturated carbocycles. The minimum absolute atomic E-state index is 0.0301. The largest absolute Gasteiger partial charge is 0.477 e. The van der Waals surface area contributed by atoms with Gasteiger partial charge in [-0.15, -0.1) is 0 Å². The van der Waals surface area contributed by atoms with Gasteiger partial charge in [-0.05, 0) is 12.5 Å². The Hall–Kier alpha value is -1.67. The van der Waals surface area contributed by atoms with Crippen molar-refractivity contribution in [2.45, 2.75) is 18.2 Å². The minimum Gasteiger partial charge on any atom is -0.477 e. The number of carboxylic acids is 1. The summed E-state index contributed by atoms with van der Waals surface area (Å²) in [5, 5.41) is 8.62. The highest BCUT2D eigenvalue weighted by Crippen LogP contribution is 2.13. The summed E-state index contributed by atoms with van der Waals surface area (Å²) in [6, 6.07) is 0.648. The smallest absolute Gasteiger partial charge is 0.341 e. The van der Waals surface area contributed by atoms with E-state index in [-0.39, 0.29) is 12.1 Å². The fraction of sp³-hybridized carbons (Fsp3) is 0.250. The second kappa shape index (κ2) is 4.06. The fourth-order valence-corrected chi connectivity index (χ4v) is 1.97. The first-order valence-electron chi connectivity index (χ1n) is 4.24. The van der Waals surface area contributed by atoms with Crippen LogP contribution in [0, 0.1) is 0 Å². The molecule has 7 nitrogen and oxygen atoms in total. The van der Waals surface area contributed by atoms with Crippen molar-refractivity contribution in [1.82, 2.24) is 4.98 Å². The van der Waals surface area contributed by atoms with Crippen LogP contribution in [-0.2, 0) is 16.5 Å². The average molecular weight is 247 g/mol. The summed E-state index contributed by atoms with van der Waals surface area (Å²) in [7, 11) is -4.55. The van der Waals surface area contributed by atoms with Crippen LogP contribution in [-0.4, -0.2) is 29.0 Å². The van der Waals surface area contributed by atoms with Crippen LogP contribution in [0.3, 0.4) is 0 Å². The summed E-state index contributed by atoms with van der Waals surface area (Å²) < 4.78 is 30.7. The summed E-state index contributed by atoms with van der Waals surface area (Å²) in [5.41, 5.74) is -1.67. The van der Waals surface area contributed by atoms with E-state index >= 15 is 0 Å². The van der Waals surface area contributed by atoms with E-state index in [0.29, 0.717) is 6.07 Å². The lowest BCUT2D eigenvalue weighted by Gasteiger charge is -2.05. The van der Waals surface area contributed by atoms with Gasteiger partial charge in [0, 0.05) is 5.69 Å². The number of rotatable bonds is 3. The predicted molar refractivity (Wildman–Crippen MR) is 53.2 cm³/mol. The van der Waals surface area contributed by atoms with Crippen LogP contribution in [0.25, 0.3) is 0 Å². The van der Waals surface area contributed by atoms with E-state index in [9.17, 15) is 18.0 Å². The van der Waals surface area contributed by atoms with E-state index in [1.807, 2.05) is 0 Å². The Balaban J connectivity index is 3.67. The lowest BCUT2D eigenvalue weighted by Crippen LogP contribution is -2.21. The second-order valence-electron chi connectivity index (χ2n) is 2.99. The molecule has 1 rings (SSSR count). The van der Waals surface area contributed by atoms with E-state index in [1.165, 1.54) is 0 Å². The van der Waals surface area contributed by atoms with Gasteiger partial charge in [0.15, 0.2) is 0 Å². The molecule has 3 N–H and O–H groups in total. The van der Waals surface area contributed by atoms with Crippen molar-refractivity contribution < 1.29 is 22.9 Å². The number of carbonyl (C=O) groups is 1. The first-order chi connectivity index (χ1) is 7.27. The quantitative estimate of drug-likeness (QED) is 0.639. The molecular formula is C8H9NO6S. The minimum atomic E-state index is -4.55. The van der Waals surface area contributed by atoms with Crippen molar-refractivity contribution >= 4 is 16.1 Å². The first-order valence-corrected chi connectivity index (χ1v) is 5.68. The maximum atomic E-state index is 11.2. The summed E-state index contributed by atoms with van der Waals surface area (Å²) in [4.78, 5) is 23.3. The monoisotopic (exact) mass is 247 g/mol. The van der Waals surface area contributed by atoms with E-state index in [2.05, 4.69) is 4.98 Å². The number of aromatic amines is 1. The third-order valence-electron chi connectivity index (χ3n) is 1.94. The zero-order valence-corrected chi connectivity index (χ0v) is 9.04. The molecule has 0 saturated heterocycles. The van der Waals surface area contributed by atoms with E-state index < -0.39 is 32.1 Å². The van der Waals surface area contributed by atoms with Gasteiger partial charge in [0.05, 0.1) is 0 Å². The van der Waals surface area contributed by atoms with Gasteiger partial charge < -0.3 is 10.1 Å². The maximum absolute atomic E-state index is 11.2. The molecule has 0 aliphatic carbocycles. The number of hydrogen-bond acceptors (Lipinski definition) is 4. The Morgan fingerprint density at radius 1 is 1.50 bits per heavy atom. The number of nitrogens with one attached hydrogen (secondary N) is 1. The maximum Gasteiger partial charge on any atom is 0.341 e. The van der Waals surface area contributed by atoms with Crippen LogP contribution >= 0.6 is 0 Å². The van der Waals surface area contributed by atoms with Crippen LogP contribution < -0.4 is 5.56 Å². The molecule has 0 radical (unpaired) electrons. The molecule has 0 amide bonds. The molecule has 0 fully saturated rings. The van der Waals surface area contributed by atoms with Crippen LogP contribution in [0.5, 0.6) is 0 Å². The van der Waals surface area contributed by atoms with Gasteiger partial charge in [-0.2, -0.15) is 8.42 Å². The normalized spacial score (nSPS) is 11.4. The van der Waals surface area contributed by atoms with Crippen molar-refractivity contribution in [3.8, 4) is 0 Å². The molecular weight excluding hydrogens is 238 g/mol. The third kappa shape index (κ3) is 2.28. The highest BCUT2D eigenvalue weighted by Gasteiger charge is 2.20. The molecule has 1 aromatic heterocycles. The van der Waals surface area contributed by atoms with Crippen molar-refractivity contribution in [2.24, 2.45) is 0 Å². The van der Waals surface area contributed by atoms with Crippen LogP contribution in [0.1, 0.15) is 23.0 Å². The van der Waals surface area contributed by atoms with Crippen molar-refractivity contribution in [3.63, 3.8) is 0 Å². The topological polar surface area (TPSA) is 125 Å². The number of pyridine rings is 1. The predicted octanol–water partition coefficient (Wildman–Crippen LogP) is -0.118. The van der Waals surface area contributed by atoms with Gasteiger partial charge in [-0.3, -0.25) is 9.35 Å². The van der Waals surface area contributed by atoms with Gasteiger partial charge in [0.2, 0.25) is 0 Å². The highest BCUT2D eigenvalue weighted by atomic mass is 32.2. The molecule has 0 unspecified atom stereocenters. The Bertz CT molecular complexity index is 585. The Labute approximate surface area is 90.5 Å². The third-order valence-corrected chi connectivity index (χ3v) is 2.86. The van der Waals surface area contributed by atoms with E-state index in [0.717, 1.165) is 0 Å². The molecule has 16 heavy (non-hydrogen) atoms. The van der Waals surface area contributed by atoms with Gasteiger partial charge >= 0.3 is 5.97 Å². The van der Waals surface area contributed by atoms with Crippen molar-refractivity contribution in [2.75, 3.05) is 0 Å². The molecule has 0 aliphatic rings. The number of carboxylic acid groups (broad SMARTS) is 1. The lowest BCUT2D eigenvalue weighted by molar-refractivity contribution is 0.0694. The standard InChI is InChI=1S/C8H9NO6S/c1-2-5-6(16(13,14)15)3-4(8(11)12)7(10)9-5/h3H,2H2,1H3,(H,9,10)(H,11,12)(H,13,14,15). The van der Waals surface area contributed by atoms with Gasteiger partial charge in [-0.1, -0.05) is 6.92 Å². The molecule has 0 bridgehead atoms. The lowest BCUT2D eigenvalue weighted by atomic mass is 10.2. The van der Waals surface area contributed by atoms with Crippen LogP contribution in [0.2, 0.25) is 0 Å². The summed E-state index contributed by atoms with van der Waals surface area (Å²) in [6.07, 6.45) is 0.143. The van der Waals surface area contributed by atoms with Crippen LogP contribution in [0.15, 0.2) is 15.8 Å². The molecule has 0 spiro atoms. The van der Waals surface area contributed by atoms with E-state index in [4.69, 9.17) is 9.66 Å². The summed E-state index contributed by atoms with van der Waals surface area (Å²) in [6.45, 7) is 1.56. The second-order valence-corrected chi connectivity index (χ2v) is 4.38. The SMILES string of the molecule is CCc1[nH]c(=O)c(C(=O)O)cc1S(=O)(=O)O. The Kier molecular flexibility index (Phi) is 3.15. The van der Waals surface area contributed by atoms with Gasteiger partial charge in [0.1, 0.15) is 10.5 Å². The van der Waals surface area contributed by atoms with Crippen LogP contribution in [0.4, 0.5) is 0 Å². The number of aromatic carboxylic acids is 1. The Morgan fingerprint density at radius 3 is 2.44 bits per heavy atom. The van der Waals surface area contributed by atoms with Crippen molar-refractivity contribution in [3.05, 3.63) is 27.7 Å². The molecule has 88 valence electrons. The summed E-state index contributed by atoms with van der Waals surface area (Å²) >= 11 is 0. The number of hydrogen-bond donors (Lipinski definition) is 3. The molecule has 1 aromatic rings. The average Bonchev–Trinajstić information content (AvgIpc) is 2.14. The van der Waals surface area contributed by atoms with E-state index in [1.54, 1.807) is 6.92 Å². The fourth-order valence-electron chi connectivity index (χ4n) is 1.20. The van der Waals surface area contributed by atoms with Gasteiger partial charge in [-0.25, -0.2) is 4.79 Å². The zero-order valence-electron chi connectivity index (χ0n) is 8.22. The molecule has 1 heterocycles. The molecule has 0 atom stereocenters. The molecule has 0 aliphatic heterocycles. The summed E-state index contributed by atoms with van der Waals surface area (Å²) in [5.74, 6) is -1.56. The zero-order chi connectivity index (χ0) is 12.5. The van der Waals surface area contributed by atoms with Gasteiger partial charge in [0.25, 0.3) is 15.7 Å². The first kappa shape index (κ1) is 12.4. The number of aromatic nitrogens is 1. The Morgan fingerprint density at radius 2 is 2.06 bits per heavy atom. The number of aryl methyl sites for hydroxylation is 1. The van der Waals surface area contributed by atoms with Crippen molar-refractivity contribution in [1.29, 1.82) is 0 Å². The molecule has 0 aromatic carbocycles. The molecule has 8 heteroatoms. The highest BCUT2D eigenvalue weighted by molar-refractivity contribution is 7.85.